The number of ether oxygens (including phenoxy) is 2. The van der Waals surface area contributed by atoms with Crippen LogP contribution in [-0.2, 0) is 0 Å². The minimum atomic E-state index is -0.574. The number of pyridine rings is 1. The Morgan fingerprint density at radius 3 is 2.88 bits per heavy atom. The normalized spacial score (nSPS) is 10.4. The number of esters is 1. The molecule has 0 unspecified atom stereocenters. The Balaban J connectivity index is 1.97. The molecule has 0 saturated carbocycles. The van der Waals surface area contributed by atoms with Gasteiger partial charge in [-0.3, -0.25) is 4.40 Å². The molecule has 126 valence electrons. The third kappa shape index (κ3) is 3.30. The van der Waals surface area contributed by atoms with Crippen LogP contribution in [0.25, 0.3) is 5.52 Å². The van der Waals surface area contributed by atoms with Crippen LogP contribution in [0.5, 0.6) is 11.5 Å². The molecule has 0 aliphatic rings. The number of imidazole rings is 1. The molecule has 7 heteroatoms. The van der Waals surface area contributed by atoms with Gasteiger partial charge in [-0.1, -0.05) is 17.8 Å². The number of rotatable bonds is 5. The van der Waals surface area contributed by atoms with Crippen LogP contribution in [-0.4, -0.2) is 28.2 Å². The monoisotopic (exact) mass is 353 g/mol. The number of nitrogens with zero attached hydrogens (tertiary/aromatic N) is 3. The van der Waals surface area contributed by atoms with Gasteiger partial charge in [-0.2, -0.15) is 5.26 Å². The molecule has 2 aromatic heterocycles. The summed E-state index contributed by atoms with van der Waals surface area (Å²) in [6.45, 7) is 2.21. The van der Waals surface area contributed by atoms with Crippen molar-refractivity contribution in [3.8, 4) is 17.6 Å². The molecule has 3 aromatic rings. The number of fused-ring (bicyclic) bond motifs is 1. The van der Waals surface area contributed by atoms with E-state index in [2.05, 4.69) is 4.98 Å². The van der Waals surface area contributed by atoms with E-state index < -0.39 is 5.97 Å². The van der Waals surface area contributed by atoms with Gasteiger partial charge in [0.15, 0.2) is 22.3 Å². The molecule has 0 atom stereocenters. The maximum absolute atomic E-state index is 12.6. The van der Waals surface area contributed by atoms with E-state index in [9.17, 15) is 4.79 Å². The third-order valence-electron chi connectivity index (χ3n) is 3.47. The van der Waals surface area contributed by atoms with Crippen LogP contribution < -0.4 is 9.47 Å². The number of thioether (sulfide) groups is 1. The molecule has 0 N–H and O–H groups in total. The van der Waals surface area contributed by atoms with Crippen molar-refractivity contribution in [2.24, 2.45) is 0 Å². The summed E-state index contributed by atoms with van der Waals surface area (Å²) in [7, 11) is 0. The first kappa shape index (κ1) is 16.9. The lowest BCUT2D eigenvalue weighted by molar-refractivity contribution is 0.0724. The first-order valence-electron chi connectivity index (χ1n) is 7.58. The van der Waals surface area contributed by atoms with Gasteiger partial charge in [-0.25, -0.2) is 9.78 Å². The molecule has 0 fully saturated rings. The fourth-order valence-electron chi connectivity index (χ4n) is 2.38. The molecule has 1 aromatic carbocycles. The highest BCUT2D eigenvalue weighted by atomic mass is 32.2. The van der Waals surface area contributed by atoms with Gasteiger partial charge in [-0.15, -0.1) is 0 Å². The molecule has 0 aliphatic carbocycles. The fraction of sp³-hybridized carbons (Fsp3) is 0.167. The topological polar surface area (TPSA) is 76.6 Å². The van der Waals surface area contributed by atoms with Crippen LogP contribution >= 0.6 is 11.8 Å². The van der Waals surface area contributed by atoms with Crippen molar-refractivity contribution >= 4 is 23.2 Å². The molecule has 0 radical (unpaired) electrons. The summed E-state index contributed by atoms with van der Waals surface area (Å²) in [5.74, 6) is 0.0341. The van der Waals surface area contributed by atoms with Crippen LogP contribution in [0, 0.1) is 11.3 Å². The zero-order valence-electron chi connectivity index (χ0n) is 13.7. The van der Waals surface area contributed by atoms with Crippen molar-refractivity contribution in [1.29, 1.82) is 5.26 Å². The lowest BCUT2D eigenvalue weighted by atomic mass is 10.2. The molecule has 2 heterocycles. The Hall–Kier alpha value is -2.98. The average molecular weight is 353 g/mol. The quantitative estimate of drug-likeness (QED) is 0.397. The summed E-state index contributed by atoms with van der Waals surface area (Å²) in [6, 6.07) is 12.2. The second kappa shape index (κ2) is 7.28. The number of benzene rings is 1. The van der Waals surface area contributed by atoms with Gasteiger partial charge in [0.2, 0.25) is 0 Å². The smallest absolute Gasteiger partial charge is 0.364 e. The minimum Gasteiger partial charge on any atom is -0.490 e. The van der Waals surface area contributed by atoms with Crippen molar-refractivity contribution in [2.45, 2.75) is 12.1 Å². The average Bonchev–Trinajstić information content (AvgIpc) is 3.02. The fourth-order valence-corrected chi connectivity index (χ4v) is 2.92. The summed E-state index contributed by atoms with van der Waals surface area (Å²) >= 11 is 1.44. The Bertz CT molecular complexity index is 975. The van der Waals surface area contributed by atoms with Gasteiger partial charge in [-0.05, 0) is 37.4 Å². The maximum atomic E-state index is 12.6. The van der Waals surface area contributed by atoms with Gasteiger partial charge in [0, 0.05) is 12.3 Å². The van der Waals surface area contributed by atoms with Gasteiger partial charge < -0.3 is 9.47 Å². The number of hydrogen-bond acceptors (Lipinski definition) is 6. The summed E-state index contributed by atoms with van der Waals surface area (Å²) in [4.78, 5) is 17.0. The summed E-state index contributed by atoms with van der Waals surface area (Å²) in [5.41, 5.74) is 1.33. The number of aromatic nitrogens is 2. The second-order valence-corrected chi connectivity index (χ2v) is 5.77. The highest BCUT2D eigenvalue weighted by Crippen LogP contribution is 2.30. The van der Waals surface area contributed by atoms with E-state index in [0.29, 0.717) is 28.6 Å². The van der Waals surface area contributed by atoms with Gasteiger partial charge in [0.1, 0.15) is 0 Å². The molecule has 6 nitrogen and oxygen atoms in total. The summed E-state index contributed by atoms with van der Waals surface area (Å²) in [5, 5.41) is 9.70. The number of hydrogen-bond donors (Lipinski definition) is 0. The largest absolute Gasteiger partial charge is 0.490 e. The Kier molecular flexibility index (Phi) is 4.91. The van der Waals surface area contributed by atoms with E-state index in [-0.39, 0.29) is 11.4 Å². The Morgan fingerprint density at radius 2 is 2.16 bits per heavy atom. The predicted octanol–water partition coefficient (Wildman–Crippen LogP) is 3.55. The van der Waals surface area contributed by atoms with E-state index in [4.69, 9.17) is 14.7 Å². The third-order valence-corrected chi connectivity index (χ3v) is 4.12. The van der Waals surface area contributed by atoms with Crippen LogP contribution in [0.3, 0.4) is 0 Å². The summed E-state index contributed by atoms with van der Waals surface area (Å²) in [6.07, 6.45) is 3.74. The van der Waals surface area contributed by atoms with Crippen LogP contribution in [0.4, 0.5) is 0 Å². The number of carbonyl (C=O) groups excluding carboxylic acids is 1. The predicted molar refractivity (Wildman–Crippen MR) is 94.3 cm³/mol. The molecule has 0 aliphatic heterocycles. The minimum absolute atomic E-state index is 0.233. The number of nitriles is 1. The van der Waals surface area contributed by atoms with Gasteiger partial charge in [0.05, 0.1) is 23.8 Å². The van der Waals surface area contributed by atoms with Crippen molar-refractivity contribution in [3.05, 3.63) is 53.9 Å². The van der Waals surface area contributed by atoms with Crippen LogP contribution in [0.2, 0.25) is 0 Å². The lowest BCUT2D eigenvalue weighted by Gasteiger charge is -2.10. The van der Waals surface area contributed by atoms with Crippen molar-refractivity contribution in [2.75, 3.05) is 12.9 Å². The van der Waals surface area contributed by atoms with E-state index in [1.54, 1.807) is 18.2 Å². The Labute approximate surface area is 149 Å². The molecule has 0 amide bonds. The lowest BCUT2D eigenvalue weighted by Crippen LogP contribution is -2.11. The van der Waals surface area contributed by atoms with Crippen LogP contribution in [0.1, 0.15) is 23.0 Å². The zero-order valence-corrected chi connectivity index (χ0v) is 14.5. The van der Waals surface area contributed by atoms with E-state index in [1.165, 1.54) is 11.8 Å². The van der Waals surface area contributed by atoms with Gasteiger partial charge >= 0.3 is 5.97 Å². The first-order valence-corrected chi connectivity index (χ1v) is 8.80. The highest BCUT2D eigenvalue weighted by Gasteiger charge is 2.20. The van der Waals surface area contributed by atoms with Crippen molar-refractivity contribution < 1.29 is 14.3 Å². The van der Waals surface area contributed by atoms with E-state index in [0.717, 1.165) is 0 Å². The molecule has 25 heavy (non-hydrogen) atoms. The van der Waals surface area contributed by atoms with Gasteiger partial charge in [0.25, 0.3) is 0 Å². The standard InChI is InChI=1S/C18H15N3O3S/c1-3-23-15-10-12(11-19)7-8-14(15)24-17(22)16-13-6-4-5-9-21(13)18(20-16)25-2/h4-10H,3H2,1-2H3. The Morgan fingerprint density at radius 1 is 1.32 bits per heavy atom. The van der Waals surface area contributed by atoms with Crippen LogP contribution in [0.15, 0.2) is 47.8 Å². The SMILES string of the molecule is CCOc1cc(C#N)ccc1OC(=O)c1nc(SC)n2ccccc12. The number of carbonyl (C=O) groups is 1. The zero-order chi connectivity index (χ0) is 17.8. The molecular weight excluding hydrogens is 338 g/mol. The van der Waals surface area contributed by atoms with E-state index >= 15 is 0 Å². The maximum Gasteiger partial charge on any atom is 0.364 e. The summed E-state index contributed by atoms with van der Waals surface area (Å²) < 4.78 is 12.8. The second-order valence-electron chi connectivity index (χ2n) is 5.00. The molecule has 0 spiro atoms. The molecule has 3 rings (SSSR count). The molecular formula is C18H15N3O3S. The van der Waals surface area contributed by atoms with Crippen molar-refractivity contribution in [1.82, 2.24) is 9.38 Å². The van der Waals surface area contributed by atoms with E-state index in [1.807, 2.05) is 48.0 Å². The van der Waals surface area contributed by atoms with Crippen molar-refractivity contribution in [3.63, 3.8) is 0 Å². The highest BCUT2D eigenvalue weighted by molar-refractivity contribution is 7.98. The molecule has 0 bridgehead atoms. The molecule has 0 saturated heterocycles. The first-order chi connectivity index (χ1) is 12.2.